The Morgan fingerprint density at radius 3 is 2.74 bits per heavy atom. The van der Waals surface area contributed by atoms with Crippen molar-refractivity contribution in [2.75, 3.05) is 6.54 Å². The van der Waals surface area contributed by atoms with E-state index in [0.717, 1.165) is 0 Å². The highest BCUT2D eigenvalue weighted by molar-refractivity contribution is 5.94. The van der Waals surface area contributed by atoms with Crippen molar-refractivity contribution in [3.63, 3.8) is 0 Å². The molecule has 0 aliphatic carbocycles. The summed E-state index contributed by atoms with van der Waals surface area (Å²) in [6.45, 7) is 2.42. The second kappa shape index (κ2) is 7.35. The van der Waals surface area contributed by atoms with Gasteiger partial charge >= 0.3 is 5.97 Å². The monoisotopic (exact) mass is 266 g/mol. The normalized spacial score (nSPS) is 11.8. The minimum absolute atomic E-state index is 0.0533. The van der Waals surface area contributed by atoms with Crippen LogP contribution < -0.4 is 5.32 Å². The van der Waals surface area contributed by atoms with Gasteiger partial charge in [0.05, 0.1) is 11.8 Å². The Bertz CT molecular complexity index is 448. The fourth-order valence-electron chi connectivity index (χ4n) is 1.60. The van der Waals surface area contributed by atoms with E-state index in [9.17, 15) is 14.7 Å². The van der Waals surface area contributed by atoms with Crippen molar-refractivity contribution in [3.05, 3.63) is 24.0 Å². The molecule has 19 heavy (non-hydrogen) atoms. The Balaban J connectivity index is 2.29. The largest absolute Gasteiger partial charge is 0.506 e. The zero-order valence-electron chi connectivity index (χ0n) is 10.8. The van der Waals surface area contributed by atoms with Crippen molar-refractivity contribution < 1.29 is 19.8 Å². The van der Waals surface area contributed by atoms with Crippen LogP contribution in [0.5, 0.6) is 5.75 Å². The van der Waals surface area contributed by atoms with Crippen LogP contribution in [0.1, 0.15) is 36.5 Å². The van der Waals surface area contributed by atoms with Gasteiger partial charge in [-0.25, -0.2) is 0 Å². The number of pyridine rings is 1. The third-order valence-corrected chi connectivity index (χ3v) is 2.76. The van der Waals surface area contributed by atoms with E-state index in [1.807, 2.05) is 6.92 Å². The van der Waals surface area contributed by atoms with Gasteiger partial charge in [-0.2, -0.15) is 0 Å². The van der Waals surface area contributed by atoms with Gasteiger partial charge in [0, 0.05) is 19.2 Å². The van der Waals surface area contributed by atoms with Gasteiger partial charge in [-0.1, -0.05) is 6.92 Å². The number of carbonyl (C=O) groups excluding carboxylic acids is 1. The number of carboxylic acid groups (broad SMARTS) is 1. The van der Waals surface area contributed by atoms with Crippen LogP contribution in [0.2, 0.25) is 0 Å². The van der Waals surface area contributed by atoms with Crippen molar-refractivity contribution >= 4 is 11.9 Å². The fraction of sp³-hybridized carbons (Fsp3) is 0.462. The molecule has 0 bridgehead atoms. The number of nitrogens with one attached hydrogen (secondary N) is 1. The van der Waals surface area contributed by atoms with Crippen LogP contribution in [0.25, 0.3) is 0 Å². The molecule has 0 aliphatic rings. The first-order valence-corrected chi connectivity index (χ1v) is 6.13. The topological polar surface area (TPSA) is 99.5 Å². The van der Waals surface area contributed by atoms with Crippen LogP contribution >= 0.6 is 0 Å². The Hall–Kier alpha value is -2.11. The summed E-state index contributed by atoms with van der Waals surface area (Å²) in [5.74, 6) is -0.920. The molecule has 0 saturated carbocycles. The number of nitrogens with zero attached hydrogens (tertiary/aromatic N) is 1. The predicted molar refractivity (Wildman–Crippen MR) is 68.9 cm³/mol. The number of aromatic hydroxyl groups is 1. The molecule has 0 aliphatic heterocycles. The van der Waals surface area contributed by atoms with E-state index < -0.39 is 5.97 Å². The minimum Gasteiger partial charge on any atom is -0.506 e. The molecule has 6 nitrogen and oxygen atoms in total. The quantitative estimate of drug-likeness (QED) is 0.693. The Labute approximate surface area is 111 Å². The highest BCUT2D eigenvalue weighted by Crippen LogP contribution is 2.10. The molecule has 0 radical (unpaired) electrons. The molecule has 104 valence electrons. The second-order valence-electron chi connectivity index (χ2n) is 4.51. The Morgan fingerprint density at radius 2 is 2.11 bits per heavy atom. The highest BCUT2D eigenvalue weighted by atomic mass is 16.4. The van der Waals surface area contributed by atoms with E-state index in [1.54, 1.807) is 0 Å². The molecule has 0 saturated heterocycles. The van der Waals surface area contributed by atoms with Gasteiger partial charge in [-0.15, -0.1) is 0 Å². The summed E-state index contributed by atoms with van der Waals surface area (Å²) in [6.07, 6.45) is 4.09. The van der Waals surface area contributed by atoms with E-state index in [1.165, 1.54) is 18.5 Å². The summed E-state index contributed by atoms with van der Waals surface area (Å²) in [6, 6.07) is 1.34. The average molecular weight is 266 g/mol. The second-order valence-corrected chi connectivity index (χ2v) is 4.51. The number of rotatable bonds is 7. The summed E-state index contributed by atoms with van der Waals surface area (Å²) >= 11 is 0. The van der Waals surface area contributed by atoms with Gasteiger partial charge in [0.2, 0.25) is 0 Å². The summed E-state index contributed by atoms with van der Waals surface area (Å²) in [5, 5.41) is 20.5. The van der Waals surface area contributed by atoms with Gasteiger partial charge in [0.1, 0.15) is 5.75 Å². The predicted octanol–water partition coefficient (Wildman–Crippen LogP) is 1.41. The van der Waals surface area contributed by atoms with Gasteiger partial charge in [-0.3, -0.25) is 14.6 Å². The number of carboxylic acids is 1. The number of aliphatic carboxylic acids is 1. The molecule has 1 aromatic heterocycles. The van der Waals surface area contributed by atoms with Crippen LogP contribution in [-0.2, 0) is 4.79 Å². The van der Waals surface area contributed by atoms with Gasteiger partial charge in [0.15, 0.2) is 0 Å². The summed E-state index contributed by atoms with van der Waals surface area (Å²) in [4.78, 5) is 25.8. The van der Waals surface area contributed by atoms with Crippen LogP contribution in [0, 0.1) is 5.92 Å². The molecule has 1 heterocycles. The molecule has 1 atom stereocenters. The molecule has 6 heteroatoms. The number of amides is 1. The van der Waals surface area contributed by atoms with Crippen LogP contribution in [0.15, 0.2) is 18.5 Å². The zero-order chi connectivity index (χ0) is 14.3. The van der Waals surface area contributed by atoms with Gasteiger partial charge in [0.25, 0.3) is 5.91 Å². The third-order valence-electron chi connectivity index (χ3n) is 2.76. The lowest BCUT2D eigenvalue weighted by atomic mass is 10.0. The SMILES string of the molecule is CC(CCNC(=O)c1cncc(O)c1)CCC(=O)O. The summed E-state index contributed by atoms with van der Waals surface area (Å²) in [5.41, 5.74) is 0.304. The van der Waals surface area contributed by atoms with Crippen molar-refractivity contribution in [2.45, 2.75) is 26.2 Å². The first-order chi connectivity index (χ1) is 8.99. The van der Waals surface area contributed by atoms with E-state index in [0.29, 0.717) is 24.9 Å². The molecular formula is C13H18N2O4. The zero-order valence-corrected chi connectivity index (χ0v) is 10.8. The summed E-state index contributed by atoms with van der Waals surface area (Å²) < 4.78 is 0. The third kappa shape index (κ3) is 5.85. The van der Waals surface area contributed by atoms with Crippen LogP contribution in [-0.4, -0.2) is 33.6 Å². The van der Waals surface area contributed by atoms with Crippen molar-refractivity contribution in [1.82, 2.24) is 10.3 Å². The smallest absolute Gasteiger partial charge is 0.303 e. The van der Waals surface area contributed by atoms with E-state index in [-0.39, 0.29) is 24.0 Å². The molecule has 1 amide bonds. The minimum atomic E-state index is -0.804. The lowest BCUT2D eigenvalue weighted by Gasteiger charge is -2.10. The number of carbonyl (C=O) groups is 2. The molecule has 0 spiro atoms. The Kier molecular flexibility index (Phi) is 5.78. The number of hydrogen-bond acceptors (Lipinski definition) is 4. The van der Waals surface area contributed by atoms with Crippen LogP contribution in [0.4, 0.5) is 0 Å². The first-order valence-electron chi connectivity index (χ1n) is 6.13. The molecule has 0 fully saturated rings. The molecular weight excluding hydrogens is 248 g/mol. The van der Waals surface area contributed by atoms with Crippen molar-refractivity contribution in [1.29, 1.82) is 0 Å². The molecule has 0 aromatic carbocycles. The van der Waals surface area contributed by atoms with Gasteiger partial charge in [-0.05, 0) is 24.8 Å². The molecule has 1 aromatic rings. The molecule has 1 unspecified atom stereocenters. The van der Waals surface area contributed by atoms with E-state index >= 15 is 0 Å². The van der Waals surface area contributed by atoms with Crippen LogP contribution in [0.3, 0.4) is 0 Å². The van der Waals surface area contributed by atoms with Crippen molar-refractivity contribution in [3.8, 4) is 5.75 Å². The number of aromatic nitrogens is 1. The van der Waals surface area contributed by atoms with Gasteiger partial charge < -0.3 is 15.5 Å². The van der Waals surface area contributed by atoms with E-state index in [2.05, 4.69) is 10.3 Å². The average Bonchev–Trinajstić information content (AvgIpc) is 2.36. The fourth-order valence-corrected chi connectivity index (χ4v) is 1.60. The highest BCUT2D eigenvalue weighted by Gasteiger charge is 2.08. The standard InChI is InChI=1S/C13H18N2O4/c1-9(2-3-12(17)18)4-5-15-13(19)10-6-11(16)8-14-7-10/h6-9,16H,2-5H2,1H3,(H,15,19)(H,17,18). The number of hydrogen-bond donors (Lipinski definition) is 3. The maximum absolute atomic E-state index is 11.7. The maximum atomic E-state index is 11.7. The lowest BCUT2D eigenvalue weighted by Crippen LogP contribution is -2.25. The first kappa shape index (κ1) is 14.9. The summed E-state index contributed by atoms with van der Waals surface area (Å²) in [7, 11) is 0. The maximum Gasteiger partial charge on any atom is 0.303 e. The molecule has 3 N–H and O–H groups in total. The van der Waals surface area contributed by atoms with Crippen molar-refractivity contribution in [2.24, 2.45) is 5.92 Å². The van der Waals surface area contributed by atoms with E-state index in [4.69, 9.17) is 5.11 Å². The Morgan fingerprint density at radius 1 is 1.37 bits per heavy atom. The lowest BCUT2D eigenvalue weighted by molar-refractivity contribution is -0.137. The molecule has 1 rings (SSSR count).